The van der Waals surface area contributed by atoms with Crippen molar-refractivity contribution in [3.63, 3.8) is 0 Å². The normalized spacial score (nSPS) is 29.7. The molecule has 5 rings (SSSR count). The van der Waals surface area contributed by atoms with Gasteiger partial charge in [0.1, 0.15) is 29.6 Å². The number of carboxylic acid groups (broad SMARTS) is 1. The molecule has 4 unspecified atom stereocenters. The van der Waals surface area contributed by atoms with Crippen LogP contribution in [0.5, 0.6) is 0 Å². The van der Waals surface area contributed by atoms with Crippen LogP contribution >= 0.6 is 0 Å². The zero-order valence-corrected chi connectivity index (χ0v) is 16.5. The van der Waals surface area contributed by atoms with E-state index in [0.29, 0.717) is 12.0 Å². The number of hydrogen-bond donors (Lipinski definition) is 2. The van der Waals surface area contributed by atoms with Crippen LogP contribution in [0.3, 0.4) is 0 Å². The molecule has 0 radical (unpaired) electrons. The molecule has 0 bridgehead atoms. The van der Waals surface area contributed by atoms with Crippen molar-refractivity contribution in [1.29, 1.82) is 0 Å². The first-order chi connectivity index (χ1) is 14.8. The summed E-state index contributed by atoms with van der Waals surface area (Å²) in [6.45, 7) is 2.01. The van der Waals surface area contributed by atoms with Gasteiger partial charge in [-0.1, -0.05) is 12.1 Å². The number of halogens is 2. The summed E-state index contributed by atoms with van der Waals surface area (Å²) >= 11 is 0. The fourth-order valence-electron chi connectivity index (χ4n) is 4.53. The topological polar surface area (TPSA) is 91.2 Å². The number of allylic oxidation sites excluding steroid dienone is 2. The molecule has 3 heterocycles. The SMILES string of the molecule is CC1CCC2=CC(F)=C3C(OC=C4C(c5ccc(F)cc5)N=C(C(=O)O)C(=O)N43)C2N1. The van der Waals surface area contributed by atoms with Gasteiger partial charge in [-0.15, -0.1) is 0 Å². The molecule has 7 nitrogen and oxygen atoms in total. The van der Waals surface area contributed by atoms with E-state index in [0.717, 1.165) is 16.9 Å². The number of carbonyl (C=O) groups is 2. The number of piperidine rings is 1. The van der Waals surface area contributed by atoms with Crippen molar-refractivity contribution in [1.82, 2.24) is 10.2 Å². The van der Waals surface area contributed by atoms with E-state index < -0.39 is 41.4 Å². The van der Waals surface area contributed by atoms with Gasteiger partial charge in [0.25, 0.3) is 5.91 Å². The number of fused-ring (bicyclic) bond motifs is 5. The van der Waals surface area contributed by atoms with E-state index in [1.54, 1.807) is 0 Å². The fourth-order valence-corrected chi connectivity index (χ4v) is 4.53. The van der Waals surface area contributed by atoms with Gasteiger partial charge in [-0.25, -0.2) is 13.6 Å². The summed E-state index contributed by atoms with van der Waals surface area (Å²) in [6, 6.07) is 4.19. The highest BCUT2D eigenvalue weighted by atomic mass is 19.1. The van der Waals surface area contributed by atoms with Crippen LogP contribution in [0.25, 0.3) is 0 Å². The van der Waals surface area contributed by atoms with E-state index in [9.17, 15) is 19.1 Å². The first-order valence-electron chi connectivity index (χ1n) is 9.98. The quantitative estimate of drug-likeness (QED) is 0.758. The van der Waals surface area contributed by atoms with Crippen LogP contribution < -0.4 is 5.32 Å². The average Bonchev–Trinajstić information content (AvgIpc) is 2.74. The molecule has 1 aromatic carbocycles. The highest BCUT2D eigenvalue weighted by molar-refractivity contribution is 6.64. The molecule has 160 valence electrons. The van der Waals surface area contributed by atoms with Crippen molar-refractivity contribution in [2.24, 2.45) is 4.99 Å². The number of carboxylic acids is 1. The van der Waals surface area contributed by atoms with E-state index in [1.165, 1.54) is 36.6 Å². The van der Waals surface area contributed by atoms with E-state index in [1.807, 2.05) is 6.92 Å². The number of benzene rings is 1. The Hall–Kier alpha value is -3.33. The molecule has 9 heteroatoms. The number of hydrogen-bond acceptors (Lipinski definition) is 5. The summed E-state index contributed by atoms with van der Waals surface area (Å²) in [6.07, 6.45) is 3.46. The lowest BCUT2D eigenvalue weighted by Crippen LogP contribution is -2.57. The number of amides is 1. The van der Waals surface area contributed by atoms with E-state index >= 15 is 4.39 Å². The number of carbonyl (C=O) groups excluding carboxylic acids is 1. The van der Waals surface area contributed by atoms with Gasteiger partial charge in [-0.2, -0.15) is 0 Å². The molecule has 4 atom stereocenters. The monoisotopic (exact) mass is 427 g/mol. The highest BCUT2D eigenvalue weighted by Crippen LogP contribution is 2.44. The molecule has 1 fully saturated rings. The Morgan fingerprint density at radius 3 is 2.74 bits per heavy atom. The maximum absolute atomic E-state index is 15.3. The Kier molecular flexibility index (Phi) is 4.51. The minimum Gasteiger partial charge on any atom is -0.488 e. The Labute approximate surface area is 176 Å². The Morgan fingerprint density at radius 2 is 2.03 bits per heavy atom. The maximum Gasteiger partial charge on any atom is 0.359 e. The Bertz CT molecular complexity index is 1110. The summed E-state index contributed by atoms with van der Waals surface area (Å²) in [5, 5.41) is 13.0. The second kappa shape index (κ2) is 7.12. The predicted octanol–water partition coefficient (Wildman–Crippen LogP) is 2.74. The van der Waals surface area contributed by atoms with Gasteiger partial charge in [0, 0.05) is 6.04 Å². The van der Waals surface area contributed by atoms with Crippen LogP contribution in [0.1, 0.15) is 31.4 Å². The first kappa shape index (κ1) is 19.6. The maximum atomic E-state index is 15.3. The second-order valence-electron chi connectivity index (χ2n) is 8.01. The largest absolute Gasteiger partial charge is 0.488 e. The summed E-state index contributed by atoms with van der Waals surface area (Å²) in [5.74, 6) is -3.57. The van der Waals surface area contributed by atoms with Gasteiger partial charge in [0.05, 0.1) is 11.7 Å². The Balaban J connectivity index is 1.65. The Morgan fingerprint density at radius 1 is 1.29 bits per heavy atom. The van der Waals surface area contributed by atoms with Crippen LogP contribution in [0.15, 0.2) is 64.4 Å². The lowest BCUT2D eigenvalue weighted by atomic mass is 9.83. The standard InChI is InChI=1S/C22H19F2N3O4/c1-10-2-3-12-8-14(24)19-20(17(12)25-10)31-9-15-16(11-4-6-13(23)7-5-11)26-18(22(29)30)21(28)27(15)19/h4-10,16-17,20,25H,2-3H2,1H3,(H,29,30). The molecule has 3 aliphatic heterocycles. The number of nitrogens with one attached hydrogen (secondary N) is 1. The highest BCUT2D eigenvalue weighted by Gasteiger charge is 2.49. The van der Waals surface area contributed by atoms with Gasteiger partial charge in [-0.05, 0) is 49.1 Å². The van der Waals surface area contributed by atoms with Crippen LogP contribution in [-0.2, 0) is 14.3 Å². The number of rotatable bonds is 2. The van der Waals surface area contributed by atoms with Crippen molar-refractivity contribution >= 4 is 17.6 Å². The summed E-state index contributed by atoms with van der Waals surface area (Å²) < 4.78 is 34.6. The second-order valence-corrected chi connectivity index (χ2v) is 8.01. The number of aliphatic carboxylic acids is 1. The molecule has 1 saturated heterocycles. The molecule has 1 amide bonds. The third-order valence-electron chi connectivity index (χ3n) is 6.03. The minimum absolute atomic E-state index is 0.0430. The van der Waals surface area contributed by atoms with E-state index in [-0.39, 0.29) is 23.5 Å². The smallest absolute Gasteiger partial charge is 0.359 e. The lowest BCUT2D eigenvalue weighted by molar-refractivity contribution is -0.132. The summed E-state index contributed by atoms with van der Waals surface area (Å²) in [7, 11) is 0. The third kappa shape index (κ3) is 3.07. The molecule has 2 N–H and O–H groups in total. The third-order valence-corrected chi connectivity index (χ3v) is 6.03. The van der Waals surface area contributed by atoms with Crippen LogP contribution in [0.2, 0.25) is 0 Å². The molecular weight excluding hydrogens is 408 g/mol. The van der Waals surface area contributed by atoms with Crippen molar-refractivity contribution in [2.45, 2.75) is 44.0 Å². The van der Waals surface area contributed by atoms with Crippen molar-refractivity contribution < 1.29 is 28.2 Å². The average molecular weight is 427 g/mol. The van der Waals surface area contributed by atoms with E-state index in [2.05, 4.69) is 10.3 Å². The van der Waals surface area contributed by atoms with Gasteiger partial charge < -0.3 is 15.2 Å². The number of nitrogens with zero attached hydrogens (tertiary/aromatic N) is 2. The lowest BCUT2D eigenvalue weighted by Gasteiger charge is -2.46. The molecule has 0 saturated carbocycles. The van der Waals surface area contributed by atoms with Crippen molar-refractivity contribution in [3.05, 3.63) is 70.8 Å². The molecule has 1 aromatic rings. The fraction of sp³-hybridized carbons (Fsp3) is 0.318. The summed E-state index contributed by atoms with van der Waals surface area (Å²) in [5.41, 5.74) is 0.714. The van der Waals surface area contributed by atoms with Crippen molar-refractivity contribution in [3.8, 4) is 0 Å². The van der Waals surface area contributed by atoms with Gasteiger partial charge >= 0.3 is 5.97 Å². The van der Waals surface area contributed by atoms with Gasteiger partial charge in [-0.3, -0.25) is 14.7 Å². The molecule has 31 heavy (non-hydrogen) atoms. The van der Waals surface area contributed by atoms with Crippen molar-refractivity contribution in [2.75, 3.05) is 0 Å². The molecule has 0 spiro atoms. The molecule has 4 aliphatic rings. The first-order valence-corrected chi connectivity index (χ1v) is 9.98. The molecular formula is C22H19F2N3O4. The molecule has 1 aliphatic carbocycles. The zero-order valence-electron chi connectivity index (χ0n) is 16.5. The van der Waals surface area contributed by atoms with Crippen LogP contribution in [0.4, 0.5) is 8.78 Å². The predicted molar refractivity (Wildman–Crippen MR) is 106 cm³/mol. The van der Waals surface area contributed by atoms with Crippen LogP contribution in [0, 0.1) is 5.82 Å². The van der Waals surface area contributed by atoms with Gasteiger partial charge in [0.2, 0.25) is 5.71 Å². The minimum atomic E-state index is -1.52. The van der Waals surface area contributed by atoms with Gasteiger partial charge in [0.15, 0.2) is 6.10 Å². The number of aliphatic imine (C=N–C) groups is 1. The van der Waals surface area contributed by atoms with Crippen LogP contribution in [-0.4, -0.2) is 45.8 Å². The molecule has 0 aromatic heterocycles. The summed E-state index contributed by atoms with van der Waals surface area (Å²) in [4.78, 5) is 30.0. The zero-order chi connectivity index (χ0) is 21.9. The van der Waals surface area contributed by atoms with E-state index in [4.69, 9.17) is 4.74 Å². The number of ether oxygens (including phenoxy) is 1.